The minimum atomic E-state index is 0.166. The zero-order valence-corrected chi connectivity index (χ0v) is 15.5. The molecule has 0 unspecified atom stereocenters. The van der Waals surface area contributed by atoms with Gasteiger partial charge in [0.1, 0.15) is 0 Å². The van der Waals surface area contributed by atoms with Crippen LogP contribution in [0.2, 0.25) is 0 Å². The van der Waals surface area contributed by atoms with E-state index in [1.807, 2.05) is 29.0 Å². The number of hydrogen-bond acceptors (Lipinski definition) is 2. The molecule has 138 valence electrons. The molecule has 2 fully saturated rings. The Bertz CT molecular complexity index is 822. The molecule has 0 atom stereocenters. The Morgan fingerprint density at radius 3 is 2.50 bits per heavy atom. The highest BCUT2D eigenvalue weighted by molar-refractivity contribution is 5.89. The van der Waals surface area contributed by atoms with Crippen LogP contribution in [0.4, 0.5) is 0 Å². The van der Waals surface area contributed by atoms with Crippen molar-refractivity contribution in [2.24, 2.45) is 13.0 Å². The summed E-state index contributed by atoms with van der Waals surface area (Å²) in [5, 5.41) is 1.15. The molecule has 5 nitrogen and oxygen atoms in total. The summed E-state index contributed by atoms with van der Waals surface area (Å²) in [6, 6.07) is 8.21. The lowest BCUT2D eigenvalue weighted by Crippen LogP contribution is -2.41. The lowest BCUT2D eigenvalue weighted by atomic mass is 9.84. The van der Waals surface area contributed by atoms with Crippen LogP contribution in [0, 0.1) is 5.92 Å². The van der Waals surface area contributed by atoms with E-state index in [2.05, 4.69) is 22.9 Å². The second kappa shape index (κ2) is 7.14. The highest BCUT2D eigenvalue weighted by atomic mass is 16.2. The summed E-state index contributed by atoms with van der Waals surface area (Å²) in [5.74, 6) is 0.715. The van der Waals surface area contributed by atoms with E-state index in [-0.39, 0.29) is 11.8 Å². The molecule has 2 amide bonds. The number of benzene rings is 1. The van der Waals surface area contributed by atoms with Crippen LogP contribution < -0.4 is 0 Å². The molecule has 1 aliphatic carbocycles. The minimum Gasteiger partial charge on any atom is -0.350 e. The third-order valence-electron chi connectivity index (χ3n) is 5.94. The smallest absolute Gasteiger partial charge is 0.227 e. The van der Waals surface area contributed by atoms with Gasteiger partial charge in [0.25, 0.3) is 0 Å². The number of amides is 2. The maximum atomic E-state index is 12.9. The van der Waals surface area contributed by atoms with Gasteiger partial charge in [0.15, 0.2) is 0 Å². The molecule has 2 aliphatic rings. The van der Waals surface area contributed by atoms with Crippen molar-refractivity contribution in [3.8, 4) is 0 Å². The second-order valence-electron chi connectivity index (χ2n) is 7.65. The Morgan fingerprint density at radius 1 is 1.00 bits per heavy atom. The summed E-state index contributed by atoms with van der Waals surface area (Å²) in [6.45, 7) is 2.87. The molecule has 0 N–H and O–H groups in total. The molecule has 0 bridgehead atoms. The number of aromatic nitrogens is 1. The Balaban J connectivity index is 1.41. The first-order valence-electron chi connectivity index (χ1n) is 9.73. The van der Waals surface area contributed by atoms with Crippen molar-refractivity contribution in [3.63, 3.8) is 0 Å². The molecular formula is C21H27N3O2. The fourth-order valence-electron chi connectivity index (χ4n) is 4.14. The third kappa shape index (κ3) is 3.22. The van der Waals surface area contributed by atoms with Gasteiger partial charge in [-0.2, -0.15) is 0 Å². The van der Waals surface area contributed by atoms with Crippen LogP contribution in [0.25, 0.3) is 10.9 Å². The number of carbonyl (C=O) groups excluding carboxylic acids is 2. The highest BCUT2D eigenvalue weighted by Crippen LogP contribution is 2.28. The Labute approximate surface area is 154 Å². The molecule has 1 aromatic carbocycles. The standard InChI is InChI=1S/C21H27N3O2/c1-22-15-17(18-8-2-3-9-19(18)22)14-20(25)23-10-5-11-24(13-12-23)21(26)16-6-4-7-16/h2-3,8-9,15-16H,4-7,10-14H2,1H3. The number of hydrogen-bond donors (Lipinski definition) is 0. The molecule has 4 rings (SSSR count). The molecule has 2 aromatic rings. The summed E-state index contributed by atoms with van der Waals surface area (Å²) in [6.07, 6.45) is 6.63. The number of aryl methyl sites for hydroxylation is 1. The molecular weight excluding hydrogens is 326 g/mol. The Hall–Kier alpha value is -2.30. The van der Waals surface area contributed by atoms with Crippen molar-refractivity contribution in [2.45, 2.75) is 32.1 Å². The molecule has 0 spiro atoms. The van der Waals surface area contributed by atoms with Crippen LogP contribution >= 0.6 is 0 Å². The van der Waals surface area contributed by atoms with Crippen LogP contribution in [-0.4, -0.2) is 52.4 Å². The van der Waals surface area contributed by atoms with E-state index in [0.717, 1.165) is 48.8 Å². The molecule has 26 heavy (non-hydrogen) atoms. The second-order valence-corrected chi connectivity index (χ2v) is 7.65. The van der Waals surface area contributed by atoms with Crippen LogP contribution in [-0.2, 0) is 23.1 Å². The van der Waals surface area contributed by atoms with E-state index in [4.69, 9.17) is 0 Å². The normalized spacial score (nSPS) is 18.7. The average molecular weight is 353 g/mol. The van der Waals surface area contributed by atoms with Crippen molar-refractivity contribution in [1.82, 2.24) is 14.4 Å². The van der Waals surface area contributed by atoms with Gasteiger partial charge in [0.05, 0.1) is 6.42 Å². The predicted octanol–water partition coefficient (Wildman–Crippen LogP) is 2.58. The Morgan fingerprint density at radius 2 is 1.73 bits per heavy atom. The van der Waals surface area contributed by atoms with Crippen LogP contribution in [0.15, 0.2) is 30.5 Å². The number of para-hydroxylation sites is 1. The van der Waals surface area contributed by atoms with Crippen LogP contribution in [0.5, 0.6) is 0 Å². The molecule has 1 aliphatic heterocycles. The molecule has 2 heterocycles. The van der Waals surface area contributed by atoms with Crippen molar-refractivity contribution >= 4 is 22.7 Å². The fourth-order valence-corrected chi connectivity index (χ4v) is 4.14. The van der Waals surface area contributed by atoms with E-state index in [0.29, 0.717) is 25.4 Å². The van der Waals surface area contributed by atoms with E-state index in [1.54, 1.807) is 0 Å². The van der Waals surface area contributed by atoms with Gasteiger partial charge in [-0.3, -0.25) is 9.59 Å². The topological polar surface area (TPSA) is 45.6 Å². The number of fused-ring (bicyclic) bond motifs is 1. The van der Waals surface area contributed by atoms with Crippen LogP contribution in [0.1, 0.15) is 31.2 Å². The summed E-state index contributed by atoms with van der Waals surface area (Å²) in [7, 11) is 2.02. The number of carbonyl (C=O) groups is 2. The number of rotatable bonds is 3. The maximum absolute atomic E-state index is 12.9. The van der Waals surface area contributed by atoms with Gasteiger partial charge in [-0.25, -0.2) is 0 Å². The number of nitrogens with zero attached hydrogens (tertiary/aromatic N) is 3. The van der Waals surface area contributed by atoms with Gasteiger partial charge < -0.3 is 14.4 Å². The summed E-state index contributed by atoms with van der Waals surface area (Å²) in [4.78, 5) is 29.3. The summed E-state index contributed by atoms with van der Waals surface area (Å²) >= 11 is 0. The molecule has 1 aromatic heterocycles. The van der Waals surface area contributed by atoms with E-state index in [1.165, 1.54) is 6.42 Å². The zero-order valence-electron chi connectivity index (χ0n) is 15.5. The van der Waals surface area contributed by atoms with Gasteiger partial charge in [-0.05, 0) is 30.9 Å². The maximum Gasteiger partial charge on any atom is 0.227 e. The average Bonchev–Trinajstić information content (AvgIpc) is 2.77. The largest absolute Gasteiger partial charge is 0.350 e. The van der Waals surface area contributed by atoms with Gasteiger partial charge in [0.2, 0.25) is 11.8 Å². The highest BCUT2D eigenvalue weighted by Gasteiger charge is 2.31. The summed E-state index contributed by atoms with van der Waals surface area (Å²) in [5.41, 5.74) is 2.24. The van der Waals surface area contributed by atoms with Crippen LogP contribution in [0.3, 0.4) is 0 Å². The molecule has 0 radical (unpaired) electrons. The minimum absolute atomic E-state index is 0.166. The summed E-state index contributed by atoms with van der Waals surface area (Å²) < 4.78 is 2.08. The third-order valence-corrected chi connectivity index (χ3v) is 5.94. The predicted molar refractivity (Wildman–Crippen MR) is 102 cm³/mol. The molecule has 1 saturated carbocycles. The quantitative estimate of drug-likeness (QED) is 0.851. The lowest BCUT2D eigenvalue weighted by Gasteiger charge is -2.31. The molecule has 5 heteroatoms. The van der Waals surface area contributed by atoms with Gasteiger partial charge >= 0.3 is 0 Å². The van der Waals surface area contributed by atoms with Crippen molar-refractivity contribution < 1.29 is 9.59 Å². The Kier molecular flexibility index (Phi) is 4.70. The van der Waals surface area contributed by atoms with Crippen molar-refractivity contribution in [1.29, 1.82) is 0 Å². The molecule has 1 saturated heterocycles. The van der Waals surface area contributed by atoms with Crippen molar-refractivity contribution in [2.75, 3.05) is 26.2 Å². The zero-order chi connectivity index (χ0) is 18.1. The first-order valence-corrected chi connectivity index (χ1v) is 9.73. The first-order chi connectivity index (χ1) is 12.6. The lowest BCUT2D eigenvalue weighted by molar-refractivity contribution is -0.138. The van der Waals surface area contributed by atoms with Crippen molar-refractivity contribution in [3.05, 3.63) is 36.0 Å². The fraction of sp³-hybridized carbons (Fsp3) is 0.524. The van der Waals surface area contributed by atoms with E-state index < -0.39 is 0 Å². The monoisotopic (exact) mass is 353 g/mol. The van der Waals surface area contributed by atoms with Gasteiger partial charge in [0, 0.05) is 56.2 Å². The first kappa shape index (κ1) is 17.1. The van der Waals surface area contributed by atoms with Gasteiger partial charge in [-0.15, -0.1) is 0 Å². The van der Waals surface area contributed by atoms with Gasteiger partial charge in [-0.1, -0.05) is 24.6 Å². The van der Waals surface area contributed by atoms with E-state index in [9.17, 15) is 9.59 Å². The SMILES string of the molecule is Cn1cc(CC(=O)N2CCCN(C(=O)C3CCC3)CC2)c2ccccc21. The van der Waals surface area contributed by atoms with E-state index >= 15 is 0 Å².